The molecule has 186 valence electrons. The molecule has 1 saturated heterocycles. The van der Waals surface area contributed by atoms with E-state index in [0.717, 1.165) is 44.7 Å². The molecule has 2 aliphatic heterocycles. The van der Waals surface area contributed by atoms with Crippen LogP contribution in [0.15, 0.2) is 65.1 Å². The van der Waals surface area contributed by atoms with Gasteiger partial charge in [-0.2, -0.15) is 13.2 Å². The lowest BCUT2D eigenvalue weighted by Crippen LogP contribution is -2.31. The number of alkyl halides is 3. The summed E-state index contributed by atoms with van der Waals surface area (Å²) in [5.41, 5.74) is 5.87. The number of aliphatic hydroxyl groups excluding tert-OH is 1. The zero-order chi connectivity index (χ0) is 24.9. The fourth-order valence-corrected chi connectivity index (χ4v) is 4.89. The Hall–Kier alpha value is -3.24. The average molecular weight is 496 g/mol. The lowest BCUT2D eigenvalue weighted by atomic mass is 9.94. The van der Waals surface area contributed by atoms with Crippen LogP contribution in [0.1, 0.15) is 35.4 Å². The predicted octanol–water partition coefficient (Wildman–Crippen LogP) is 5.24. The molecule has 6 rings (SSSR count). The second-order valence-electron chi connectivity index (χ2n) is 9.12. The third-order valence-corrected chi connectivity index (χ3v) is 6.60. The van der Waals surface area contributed by atoms with E-state index < -0.39 is 25.1 Å². The monoisotopic (exact) mass is 495 g/mol. The molecule has 2 aromatic heterocycles. The van der Waals surface area contributed by atoms with Gasteiger partial charge in [0.1, 0.15) is 23.7 Å². The van der Waals surface area contributed by atoms with E-state index in [2.05, 4.69) is 10.6 Å². The largest absolute Gasteiger partial charge is 0.456 e. The number of ether oxygens (including phenoxy) is 1. The van der Waals surface area contributed by atoms with Crippen LogP contribution in [0, 0.1) is 0 Å². The molecule has 3 atom stereocenters. The first-order valence-corrected chi connectivity index (χ1v) is 11.8. The summed E-state index contributed by atoms with van der Waals surface area (Å²) in [7, 11) is 0. The summed E-state index contributed by atoms with van der Waals surface area (Å²) in [4.78, 5) is 4.88. The van der Waals surface area contributed by atoms with Crippen molar-refractivity contribution < 1.29 is 27.4 Å². The summed E-state index contributed by atoms with van der Waals surface area (Å²) in [5.74, 6) is 0.734. The normalized spacial score (nSPS) is 21.2. The molecule has 0 radical (unpaired) electrons. The molecule has 4 aromatic rings. The van der Waals surface area contributed by atoms with Gasteiger partial charge in [0.05, 0.1) is 17.9 Å². The fourth-order valence-electron chi connectivity index (χ4n) is 4.89. The number of aromatic nitrogens is 1. The molecule has 36 heavy (non-hydrogen) atoms. The van der Waals surface area contributed by atoms with Gasteiger partial charge in [0, 0.05) is 35.7 Å². The van der Waals surface area contributed by atoms with Crippen LogP contribution >= 0.6 is 0 Å². The minimum atomic E-state index is -4.31. The third kappa shape index (κ3) is 4.51. The van der Waals surface area contributed by atoms with Gasteiger partial charge >= 0.3 is 6.18 Å². The number of hydrogen-bond acceptors (Lipinski definition) is 6. The van der Waals surface area contributed by atoms with Gasteiger partial charge in [0.15, 0.2) is 0 Å². The number of benzene rings is 2. The Balaban J connectivity index is 1.38. The number of furan rings is 1. The molecule has 0 amide bonds. The Morgan fingerprint density at radius 2 is 1.89 bits per heavy atom. The maximum absolute atomic E-state index is 12.6. The Labute approximate surface area is 205 Å². The van der Waals surface area contributed by atoms with Crippen LogP contribution < -0.4 is 10.6 Å². The van der Waals surface area contributed by atoms with E-state index in [1.807, 2.05) is 60.7 Å². The maximum atomic E-state index is 12.6. The zero-order valence-corrected chi connectivity index (χ0v) is 19.2. The SMILES string of the molecule is OCC[C@H]1NCc2cc(C3OC3NCC(F)(F)F)nc(-c3cccc(-c4cc5ccccc5o4)c3)c21. The van der Waals surface area contributed by atoms with E-state index in [9.17, 15) is 18.3 Å². The number of nitrogens with one attached hydrogen (secondary N) is 2. The van der Waals surface area contributed by atoms with E-state index in [1.54, 1.807) is 0 Å². The van der Waals surface area contributed by atoms with Gasteiger partial charge in [0.25, 0.3) is 0 Å². The lowest BCUT2D eigenvalue weighted by molar-refractivity contribution is -0.126. The second kappa shape index (κ2) is 9.01. The van der Waals surface area contributed by atoms with Crippen molar-refractivity contribution in [3.63, 3.8) is 0 Å². The average Bonchev–Trinajstić information content (AvgIpc) is 3.34. The topological polar surface area (TPSA) is 82.9 Å². The summed E-state index contributed by atoms with van der Waals surface area (Å²) in [6.07, 6.45) is -5.06. The van der Waals surface area contributed by atoms with E-state index in [0.29, 0.717) is 18.7 Å². The molecule has 2 unspecified atom stereocenters. The van der Waals surface area contributed by atoms with Gasteiger partial charge in [0.2, 0.25) is 0 Å². The summed E-state index contributed by atoms with van der Waals surface area (Å²) < 4.78 is 49.4. The Kier molecular flexibility index (Phi) is 5.80. The summed E-state index contributed by atoms with van der Waals surface area (Å²) in [6, 6.07) is 19.5. The van der Waals surface area contributed by atoms with Gasteiger partial charge in [-0.1, -0.05) is 36.4 Å². The van der Waals surface area contributed by atoms with Crippen LogP contribution in [0.4, 0.5) is 13.2 Å². The van der Waals surface area contributed by atoms with Gasteiger partial charge in [-0.15, -0.1) is 0 Å². The van der Waals surface area contributed by atoms with Crippen molar-refractivity contribution in [1.82, 2.24) is 15.6 Å². The molecule has 0 aliphatic carbocycles. The van der Waals surface area contributed by atoms with Crippen LogP contribution in [-0.4, -0.2) is 35.6 Å². The van der Waals surface area contributed by atoms with E-state index in [4.69, 9.17) is 14.1 Å². The Morgan fingerprint density at radius 3 is 2.69 bits per heavy atom. The number of fused-ring (bicyclic) bond motifs is 2. The standard InChI is InChI=1S/C27H24F3N3O3/c28-27(29,30)14-32-26-25(36-26)20-11-18-13-31-19(8-9-34)23(18)24(33-20)17-6-3-5-15(10-17)22-12-16-4-1-2-7-21(16)35-22/h1-7,10-12,19,25-26,31-32,34H,8-9,13-14H2/t19-,25?,26?/m1/s1. The smallest absolute Gasteiger partial charge is 0.401 e. The van der Waals surface area contributed by atoms with E-state index in [1.165, 1.54) is 0 Å². The minimum absolute atomic E-state index is 0.0203. The number of hydrogen-bond donors (Lipinski definition) is 3. The molecule has 1 fully saturated rings. The molecule has 9 heteroatoms. The number of halogens is 3. The summed E-state index contributed by atoms with van der Waals surface area (Å²) in [6.45, 7) is -0.517. The first-order chi connectivity index (χ1) is 17.4. The summed E-state index contributed by atoms with van der Waals surface area (Å²) >= 11 is 0. The molecule has 3 N–H and O–H groups in total. The van der Waals surface area contributed by atoms with Crippen molar-refractivity contribution in [2.45, 2.75) is 37.5 Å². The highest BCUT2D eigenvalue weighted by Crippen LogP contribution is 2.42. The van der Waals surface area contributed by atoms with Gasteiger partial charge < -0.3 is 19.6 Å². The number of para-hydroxylation sites is 1. The Bertz CT molecular complexity index is 1390. The first kappa shape index (κ1) is 23.2. The van der Waals surface area contributed by atoms with Crippen molar-refractivity contribution in [3.05, 3.63) is 77.5 Å². The van der Waals surface area contributed by atoms with Crippen molar-refractivity contribution in [3.8, 4) is 22.6 Å². The van der Waals surface area contributed by atoms with Crippen LogP contribution in [0.2, 0.25) is 0 Å². The lowest BCUT2D eigenvalue weighted by Gasteiger charge is -2.16. The minimum Gasteiger partial charge on any atom is -0.456 e. The number of epoxide rings is 1. The molecule has 0 bridgehead atoms. The molecule has 2 aromatic carbocycles. The quantitative estimate of drug-likeness (QED) is 0.304. The van der Waals surface area contributed by atoms with Crippen LogP contribution in [-0.2, 0) is 11.3 Å². The number of rotatable bonds is 7. The molecule has 2 aliphatic rings. The molecular weight excluding hydrogens is 471 g/mol. The number of pyridine rings is 1. The number of nitrogens with zero attached hydrogens (tertiary/aromatic N) is 1. The second-order valence-corrected chi connectivity index (χ2v) is 9.12. The molecule has 4 heterocycles. The molecular formula is C27H24F3N3O3. The third-order valence-electron chi connectivity index (χ3n) is 6.60. The van der Waals surface area contributed by atoms with Crippen LogP contribution in [0.25, 0.3) is 33.6 Å². The first-order valence-electron chi connectivity index (χ1n) is 11.8. The van der Waals surface area contributed by atoms with Crippen molar-refractivity contribution in [2.75, 3.05) is 13.2 Å². The highest BCUT2D eigenvalue weighted by molar-refractivity contribution is 5.83. The predicted molar refractivity (Wildman–Crippen MR) is 128 cm³/mol. The van der Waals surface area contributed by atoms with E-state index in [-0.39, 0.29) is 12.6 Å². The van der Waals surface area contributed by atoms with Crippen LogP contribution in [0.5, 0.6) is 0 Å². The molecule has 0 saturated carbocycles. The molecule has 6 nitrogen and oxygen atoms in total. The van der Waals surface area contributed by atoms with Gasteiger partial charge in [-0.05, 0) is 41.8 Å². The zero-order valence-electron chi connectivity index (χ0n) is 19.2. The highest BCUT2D eigenvalue weighted by Gasteiger charge is 2.44. The van der Waals surface area contributed by atoms with Gasteiger partial charge in [-0.25, -0.2) is 4.98 Å². The highest BCUT2D eigenvalue weighted by atomic mass is 19.4. The van der Waals surface area contributed by atoms with Crippen molar-refractivity contribution in [1.29, 1.82) is 0 Å². The molecule has 0 spiro atoms. The van der Waals surface area contributed by atoms with E-state index >= 15 is 0 Å². The van der Waals surface area contributed by atoms with Crippen molar-refractivity contribution in [2.24, 2.45) is 0 Å². The summed E-state index contributed by atoms with van der Waals surface area (Å²) in [5, 5.41) is 16.4. The van der Waals surface area contributed by atoms with Gasteiger partial charge in [-0.3, -0.25) is 5.32 Å². The maximum Gasteiger partial charge on any atom is 0.401 e. The van der Waals surface area contributed by atoms with Crippen molar-refractivity contribution >= 4 is 11.0 Å². The Morgan fingerprint density at radius 1 is 1.06 bits per heavy atom. The van der Waals surface area contributed by atoms with Crippen LogP contribution in [0.3, 0.4) is 0 Å². The number of aliphatic hydroxyl groups is 1. The fraction of sp³-hybridized carbons (Fsp3) is 0.296.